The van der Waals surface area contributed by atoms with E-state index in [2.05, 4.69) is 19.2 Å². The van der Waals surface area contributed by atoms with E-state index in [1.54, 1.807) is 0 Å². The summed E-state index contributed by atoms with van der Waals surface area (Å²) in [4.78, 5) is 0. The lowest BCUT2D eigenvalue weighted by Gasteiger charge is -2.05. The molecule has 0 aromatic heterocycles. The predicted molar refractivity (Wildman–Crippen MR) is 42.9 cm³/mol. The van der Waals surface area contributed by atoms with Gasteiger partial charge in [0.1, 0.15) is 0 Å². The van der Waals surface area contributed by atoms with E-state index in [-0.39, 0.29) is 6.67 Å². The van der Waals surface area contributed by atoms with Crippen molar-refractivity contribution in [3.63, 3.8) is 0 Å². The first-order chi connectivity index (χ1) is 4.77. The Kier molecular flexibility index (Phi) is 6.93. The molecular formula is C8H18FN. The molecule has 1 N–H and O–H groups in total. The summed E-state index contributed by atoms with van der Waals surface area (Å²) < 4.78 is 11.6. The number of nitrogens with one attached hydrogen (secondary N) is 1. The van der Waals surface area contributed by atoms with Crippen LogP contribution in [-0.4, -0.2) is 19.8 Å². The summed E-state index contributed by atoms with van der Waals surface area (Å²) in [5, 5.41) is 3.25. The Labute approximate surface area is 63.0 Å². The first-order valence-corrected chi connectivity index (χ1v) is 4.04. The van der Waals surface area contributed by atoms with Crippen LogP contribution in [0.2, 0.25) is 0 Å². The average molecular weight is 147 g/mol. The van der Waals surface area contributed by atoms with E-state index in [0.717, 1.165) is 19.5 Å². The molecule has 1 nitrogen and oxygen atoms in total. The van der Waals surface area contributed by atoms with Crippen molar-refractivity contribution in [3.8, 4) is 0 Å². The summed E-state index contributed by atoms with van der Waals surface area (Å²) in [7, 11) is 0. The van der Waals surface area contributed by atoms with Crippen molar-refractivity contribution in [1.29, 1.82) is 0 Å². The molecule has 0 radical (unpaired) electrons. The monoisotopic (exact) mass is 147 g/mol. The van der Waals surface area contributed by atoms with Gasteiger partial charge in [-0.1, -0.05) is 13.8 Å². The lowest BCUT2D eigenvalue weighted by molar-refractivity contribution is 0.449. The third kappa shape index (κ3) is 7.89. The summed E-state index contributed by atoms with van der Waals surface area (Å²) in [6.45, 7) is 6.17. The summed E-state index contributed by atoms with van der Waals surface area (Å²) in [5.41, 5.74) is 0. The maximum atomic E-state index is 11.6. The smallest absolute Gasteiger partial charge is 0.0894 e. The lowest BCUT2D eigenvalue weighted by Crippen LogP contribution is -2.20. The fourth-order valence-electron chi connectivity index (χ4n) is 0.735. The molecule has 0 aliphatic rings. The van der Waals surface area contributed by atoms with Crippen LogP contribution in [0, 0.1) is 5.92 Å². The molecule has 0 aromatic carbocycles. The van der Waals surface area contributed by atoms with E-state index in [4.69, 9.17) is 0 Å². The molecule has 0 heterocycles. The molecule has 0 aromatic rings. The van der Waals surface area contributed by atoms with Gasteiger partial charge < -0.3 is 5.32 Å². The first kappa shape index (κ1) is 9.89. The van der Waals surface area contributed by atoms with Crippen LogP contribution in [0.4, 0.5) is 4.39 Å². The maximum Gasteiger partial charge on any atom is 0.0894 e. The number of rotatable bonds is 6. The van der Waals surface area contributed by atoms with Crippen LogP contribution in [0.15, 0.2) is 0 Å². The Morgan fingerprint density at radius 2 is 2.00 bits per heavy atom. The zero-order valence-electron chi connectivity index (χ0n) is 6.99. The predicted octanol–water partition coefficient (Wildman–Crippen LogP) is 1.98. The lowest BCUT2D eigenvalue weighted by atomic mass is 10.2. The Bertz CT molecular complexity index is 64.3. The van der Waals surface area contributed by atoms with Crippen LogP contribution in [0.5, 0.6) is 0 Å². The number of unbranched alkanes of at least 4 members (excludes halogenated alkanes) is 1. The van der Waals surface area contributed by atoms with Gasteiger partial charge in [0.25, 0.3) is 0 Å². The van der Waals surface area contributed by atoms with Crippen molar-refractivity contribution in [2.45, 2.75) is 26.7 Å². The molecule has 62 valence electrons. The SMILES string of the molecule is CC(C)CNCCCCF. The highest BCUT2D eigenvalue weighted by atomic mass is 19.1. The molecule has 0 aliphatic carbocycles. The highest BCUT2D eigenvalue weighted by Crippen LogP contribution is 1.89. The van der Waals surface area contributed by atoms with Crippen molar-refractivity contribution >= 4 is 0 Å². The molecule has 2 heteroatoms. The normalized spacial score (nSPS) is 10.8. The van der Waals surface area contributed by atoms with Crippen LogP contribution in [0.1, 0.15) is 26.7 Å². The van der Waals surface area contributed by atoms with Gasteiger partial charge in [-0.15, -0.1) is 0 Å². The Morgan fingerprint density at radius 3 is 2.50 bits per heavy atom. The fraction of sp³-hybridized carbons (Fsp3) is 1.00. The molecule has 0 atom stereocenters. The summed E-state index contributed by atoms with van der Waals surface area (Å²) in [5.74, 6) is 0.699. The van der Waals surface area contributed by atoms with Gasteiger partial charge in [0.15, 0.2) is 0 Å². The minimum atomic E-state index is -0.177. The highest BCUT2D eigenvalue weighted by Gasteiger charge is 1.91. The summed E-state index contributed by atoms with van der Waals surface area (Å²) in [6.07, 6.45) is 1.66. The standard InChI is InChI=1S/C8H18FN/c1-8(2)7-10-6-4-3-5-9/h8,10H,3-7H2,1-2H3. The van der Waals surface area contributed by atoms with Crippen molar-refractivity contribution in [2.24, 2.45) is 5.92 Å². The van der Waals surface area contributed by atoms with Crippen molar-refractivity contribution < 1.29 is 4.39 Å². The third-order valence-corrected chi connectivity index (χ3v) is 1.29. The van der Waals surface area contributed by atoms with Gasteiger partial charge in [0.05, 0.1) is 6.67 Å². The molecule has 10 heavy (non-hydrogen) atoms. The number of hydrogen-bond donors (Lipinski definition) is 1. The largest absolute Gasteiger partial charge is 0.316 e. The van der Waals surface area contributed by atoms with Crippen LogP contribution in [0.3, 0.4) is 0 Å². The molecule has 0 saturated carbocycles. The zero-order chi connectivity index (χ0) is 7.82. The Hall–Kier alpha value is -0.110. The van der Waals surface area contributed by atoms with Crippen molar-refractivity contribution in [3.05, 3.63) is 0 Å². The highest BCUT2D eigenvalue weighted by molar-refractivity contribution is 4.50. The molecule has 0 spiro atoms. The van der Waals surface area contributed by atoms with Gasteiger partial charge in [0.2, 0.25) is 0 Å². The van der Waals surface area contributed by atoms with Crippen molar-refractivity contribution in [2.75, 3.05) is 19.8 Å². The van der Waals surface area contributed by atoms with E-state index < -0.39 is 0 Å². The third-order valence-electron chi connectivity index (χ3n) is 1.29. The number of hydrogen-bond acceptors (Lipinski definition) is 1. The van der Waals surface area contributed by atoms with Gasteiger partial charge in [-0.05, 0) is 31.8 Å². The van der Waals surface area contributed by atoms with Crippen LogP contribution < -0.4 is 5.32 Å². The van der Waals surface area contributed by atoms with Gasteiger partial charge in [-0.25, -0.2) is 0 Å². The second-order valence-corrected chi connectivity index (χ2v) is 2.99. The van der Waals surface area contributed by atoms with Gasteiger partial charge in [-0.2, -0.15) is 0 Å². The van der Waals surface area contributed by atoms with E-state index in [1.807, 2.05) is 0 Å². The Morgan fingerprint density at radius 1 is 1.30 bits per heavy atom. The van der Waals surface area contributed by atoms with E-state index in [1.165, 1.54) is 0 Å². The second kappa shape index (κ2) is 7.00. The van der Waals surface area contributed by atoms with E-state index in [0.29, 0.717) is 12.3 Å². The Balaban J connectivity index is 2.77. The van der Waals surface area contributed by atoms with Gasteiger partial charge >= 0.3 is 0 Å². The molecule has 0 fully saturated rings. The van der Waals surface area contributed by atoms with Crippen LogP contribution >= 0.6 is 0 Å². The first-order valence-electron chi connectivity index (χ1n) is 4.04. The van der Waals surface area contributed by atoms with Crippen LogP contribution in [-0.2, 0) is 0 Å². The fourth-order valence-corrected chi connectivity index (χ4v) is 0.735. The molecule has 0 amide bonds. The topological polar surface area (TPSA) is 12.0 Å². The molecule has 0 bridgehead atoms. The molecule has 0 rings (SSSR count). The molecule has 0 saturated heterocycles. The zero-order valence-corrected chi connectivity index (χ0v) is 6.99. The van der Waals surface area contributed by atoms with E-state index in [9.17, 15) is 4.39 Å². The molecule has 0 aliphatic heterocycles. The number of halogens is 1. The molecule has 0 unspecified atom stereocenters. The number of alkyl halides is 1. The van der Waals surface area contributed by atoms with Gasteiger partial charge in [-0.3, -0.25) is 4.39 Å². The average Bonchev–Trinajstić information content (AvgIpc) is 1.87. The maximum absolute atomic E-state index is 11.6. The minimum Gasteiger partial charge on any atom is -0.316 e. The van der Waals surface area contributed by atoms with Gasteiger partial charge in [0, 0.05) is 0 Å². The quantitative estimate of drug-likeness (QED) is 0.566. The minimum absolute atomic E-state index is 0.177. The summed E-state index contributed by atoms with van der Waals surface area (Å²) >= 11 is 0. The summed E-state index contributed by atoms with van der Waals surface area (Å²) in [6, 6.07) is 0. The van der Waals surface area contributed by atoms with Crippen molar-refractivity contribution in [1.82, 2.24) is 5.32 Å². The second-order valence-electron chi connectivity index (χ2n) is 2.99. The van der Waals surface area contributed by atoms with Crippen LogP contribution in [0.25, 0.3) is 0 Å². The van der Waals surface area contributed by atoms with E-state index >= 15 is 0 Å². The molecular weight excluding hydrogens is 129 g/mol.